The summed E-state index contributed by atoms with van der Waals surface area (Å²) in [5, 5.41) is 0. The van der Waals surface area contributed by atoms with Crippen molar-refractivity contribution in [3.05, 3.63) is 35.9 Å². The predicted octanol–water partition coefficient (Wildman–Crippen LogP) is 5.70. The Labute approximate surface area is 158 Å². The summed E-state index contributed by atoms with van der Waals surface area (Å²) in [4.78, 5) is 23.8. The van der Waals surface area contributed by atoms with Gasteiger partial charge in [-0.2, -0.15) is 0 Å². The van der Waals surface area contributed by atoms with Crippen LogP contribution in [0.3, 0.4) is 0 Å². The summed E-state index contributed by atoms with van der Waals surface area (Å²) >= 11 is 0. The van der Waals surface area contributed by atoms with E-state index in [1.54, 1.807) is 31.2 Å². The maximum atomic E-state index is 11.9. The van der Waals surface area contributed by atoms with Crippen molar-refractivity contribution < 1.29 is 19.1 Å². The smallest absolute Gasteiger partial charge is 0.347 e. The van der Waals surface area contributed by atoms with E-state index in [4.69, 9.17) is 9.47 Å². The zero-order chi connectivity index (χ0) is 19.0. The maximum Gasteiger partial charge on any atom is 0.347 e. The van der Waals surface area contributed by atoms with Crippen LogP contribution >= 0.6 is 0 Å². The quantitative estimate of drug-likeness (QED) is 0.315. The van der Waals surface area contributed by atoms with Crippen molar-refractivity contribution >= 4 is 11.9 Å². The number of carbonyl (C=O) groups excluding carboxylic acids is 2. The first-order valence-electron chi connectivity index (χ1n) is 10.1. The van der Waals surface area contributed by atoms with Gasteiger partial charge in [-0.15, -0.1) is 0 Å². The number of carbonyl (C=O) groups is 2. The van der Waals surface area contributed by atoms with Crippen LogP contribution in [0, 0.1) is 0 Å². The monoisotopic (exact) mass is 362 g/mol. The second-order valence-corrected chi connectivity index (χ2v) is 6.76. The molecule has 1 aromatic rings. The Morgan fingerprint density at radius 1 is 0.846 bits per heavy atom. The normalized spacial score (nSPS) is 11.8. The van der Waals surface area contributed by atoms with Crippen molar-refractivity contribution in [2.45, 2.75) is 84.2 Å². The molecule has 0 heterocycles. The summed E-state index contributed by atoms with van der Waals surface area (Å²) in [6.07, 6.45) is 11.5. The van der Waals surface area contributed by atoms with Crippen LogP contribution in [0.5, 0.6) is 0 Å². The standard InChI is InChI=1S/C22H34O4/c1-3-4-5-6-7-8-9-10-11-15-18-25-21(23)19(2)26-22(24)20-16-13-12-14-17-20/h12-14,16-17,19H,3-11,15,18H2,1-2H3. The molecule has 0 saturated carbocycles. The molecule has 0 aliphatic rings. The molecule has 146 valence electrons. The van der Waals surface area contributed by atoms with Gasteiger partial charge in [-0.05, 0) is 25.5 Å². The fourth-order valence-corrected chi connectivity index (χ4v) is 2.73. The van der Waals surface area contributed by atoms with Gasteiger partial charge in [0.15, 0.2) is 6.10 Å². The molecular formula is C22H34O4. The van der Waals surface area contributed by atoms with Crippen molar-refractivity contribution in [2.75, 3.05) is 6.61 Å². The molecule has 0 bridgehead atoms. The van der Waals surface area contributed by atoms with Gasteiger partial charge in [0.2, 0.25) is 0 Å². The molecule has 0 amide bonds. The van der Waals surface area contributed by atoms with E-state index < -0.39 is 18.0 Å². The molecule has 26 heavy (non-hydrogen) atoms. The fourth-order valence-electron chi connectivity index (χ4n) is 2.73. The number of benzene rings is 1. The number of unbranched alkanes of at least 4 members (excludes halogenated alkanes) is 9. The lowest BCUT2D eigenvalue weighted by Gasteiger charge is -2.12. The molecule has 0 aliphatic heterocycles. The van der Waals surface area contributed by atoms with E-state index in [0.29, 0.717) is 12.2 Å². The van der Waals surface area contributed by atoms with E-state index in [0.717, 1.165) is 12.8 Å². The molecule has 0 radical (unpaired) electrons. The highest BCUT2D eigenvalue weighted by molar-refractivity contribution is 5.91. The summed E-state index contributed by atoms with van der Waals surface area (Å²) in [7, 11) is 0. The Balaban J connectivity index is 2.01. The zero-order valence-corrected chi connectivity index (χ0v) is 16.4. The summed E-state index contributed by atoms with van der Waals surface area (Å²) < 4.78 is 10.3. The Bertz CT molecular complexity index is 498. The lowest BCUT2D eigenvalue weighted by atomic mass is 10.1. The average molecular weight is 363 g/mol. The zero-order valence-electron chi connectivity index (χ0n) is 16.4. The van der Waals surface area contributed by atoms with Gasteiger partial charge >= 0.3 is 11.9 Å². The van der Waals surface area contributed by atoms with Gasteiger partial charge in [0.25, 0.3) is 0 Å². The van der Waals surface area contributed by atoms with Crippen LogP contribution in [-0.4, -0.2) is 24.6 Å². The third-order valence-corrected chi connectivity index (χ3v) is 4.37. The molecule has 0 aliphatic carbocycles. The molecule has 1 atom stereocenters. The fraction of sp³-hybridized carbons (Fsp3) is 0.636. The van der Waals surface area contributed by atoms with Gasteiger partial charge < -0.3 is 9.47 Å². The molecule has 0 N–H and O–H groups in total. The molecule has 1 aromatic carbocycles. The molecular weight excluding hydrogens is 328 g/mol. The van der Waals surface area contributed by atoms with Crippen molar-refractivity contribution in [2.24, 2.45) is 0 Å². The maximum absolute atomic E-state index is 11.9. The molecule has 1 rings (SSSR count). The van der Waals surface area contributed by atoms with Crippen molar-refractivity contribution in [1.82, 2.24) is 0 Å². The molecule has 0 aromatic heterocycles. The van der Waals surface area contributed by atoms with Crippen LogP contribution in [0.15, 0.2) is 30.3 Å². The highest BCUT2D eigenvalue weighted by Crippen LogP contribution is 2.11. The van der Waals surface area contributed by atoms with E-state index in [1.165, 1.54) is 51.4 Å². The topological polar surface area (TPSA) is 52.6 Å². The molecule has 0 spiro atoms. The Hall–Kier alpha value is -1.84. The third-order valence-electron chi connectivity index (χ3n) is 4.37. The van der Waals surface area contributed by atoms with Gasteiger partial charge in [-0.1, -0.05) is 82.9 Å². The first-order valence-corrected chi connectivity index (χ1v) is 10.1. The van der Waals surface area contributed by atoms with Crippen LogP contribution < -0.4 is 0 Å². The molecule has 0 fully saturated rings. The first-order chi connectivity index (χ1) is 12.6. The van der Waals surface area contributed by atoms with Gasteiger partial charge in [0.05, 0.1) is 12.2 Å². The van der Waals surface area contributed by atoms with Crippen LogP contribution in [0.2, 0.25) is 0 Å². The number of hydrogen-bond donors (Lipinski definition) is 0. The molecule has 1 unspecified atom stereocenters. The van der Waals surface area contributed by atoms with Gasteiger partial charge in [-0.25, -0.2) is 9.59 Å². The molecule has 0 saturated heterocycles. The van der Waals surface area contributed by atoms with Crippen LogP contribution in [0.1, 0.15) is 88.4 Å². The van der Waals surface area contributed by atoms with Crippen molar-refractivity contribution in [3.63, 3.8) is 0 Å². The van der Waals surface area contributed by atoms with Crippen LogP contribution in [-0.2, 0) is 14.3 Å². The van der Waals surface area contributed by atoms with E-state index in [1.807, 2.05) is 6.07 Å². The van der Waals surface area contributed by atoms with E-state index in [2.05, 4.69) is 6.92 Å². The van der Waals surface area contributed by atoms with Gasteiger partial charge in [0, 0.05) is 0 Å². The Kier molecular flexibility index (Phi) is 12.2. The summed E-state index contributed by atoms with van der Waals surface area (Å²) in [5.41, 5.74) is 0.432. The van der Waals surface area contributed by atoms with Crippen molar-refractivity contribution in [3.8, 4) is 0 Å². The lowest BCUT2D eigenvalue weighted by molar-refractivity contribution is -0.153. The van der Waals surface area contributed by atoms with E-state index in [-0.39, 0.29) is 0 Å². The minimum Gasteiger partial charge on any atom is -0.463 e. The van der Waals surface area contributed by atoms with Crippen molar-refractivity contribution in [1.29, 1.82) is 0 Å². The third kappa shape index (κ3) is 10.2. The van der Waals surface area contributed by atoms with Crippen LogP contribution in [0.25, 0.3) is 0 Å². The Morgan fingerprint density at radius 2 is 1.38 bits per heavy atom. The van der Waals surface area contributed by atoms with Gasteiger partial charge in [-0.3, -0.25) is 0 Å². The summed E-state index contributed by atoms with van der Waals surface area (Å²) in [6.45, 7) is 4.17. The summed E-state index contributed by atoms with van der Waals surface area (Å²) in [5.74, 6) is -0.987. The number of ether oxygens (including phenoxy) is 2. The summed E-state index contributed by atoms with van der Waals surface area (Å²) in [6, 6.07) is 8.64. The highest BCUT2D eigenvalue weighted by atomic mass is 16.6. The minimum absolute atomic E-state index is 0.391. The number of rotatable bonds is 14. The highest BCUT2D eigenvalue weighted by Gasteiger charge is 2.19. The minimum atomic E-state index is -0.883. The molecule has 4 heteroatoms. The van der Waals surface area contributed by atoms with E-state index in [9.17, 15) is 9.59 Å². The van der Waals surface area contributed by atoms with E-state index >= 15 is 0 Å². The van der Waals surface area contributed by atoms with Gasteiger partial charge in [0.1, 0.15) is 0 Å². The predicted molar refractivity (Wildman–Crippen MR) is 104 cm³/mol. The average Bonchev–Trinajstić information content (AvgIpc) is 2.66. The lowest BCUT2D eigenvalue weighted by Crippen LogP contribution is -2.26. The largest absolute Gasteiger partial charge is 0.463 e. The van der Waals surface area contributed by atoms with Crippen LogP contribution in [0.4, 0.5) is 0 Å². The SMILES string of the molecule is CCCCCCCCCCCCOC(=O)C(C)OC(=O)c1ccccc1. The second kappa shape index (κ2) is 14.3. The Morgan fingerprint density at radius 3 is 1.96 bits per heavy atom. The number of hydrogen-bond acceptors (Lipinski definition) is 4. The number of esters is 2. The molecule has 4 nitrogen and oxygen atoms in total. The second-order valence-electron chi connectivity index (χ2n) is 6.76. The first kappa shape index (κ1) is 22.2.